The van der Waals surface area contributed by atoms with E-state index in [0.29, 0.717) is 18.0 Å². The van der Waals surface area contributed by atoms with Gasteiger partial charge in [-0.25, -0.2) is 13.2 Å². The summed E-state index contributed by atoms with van der Waals surface area (Å²) in [6, 6.07) is 7.00. The van der Waals surface area contributed by atoms with E-state index in [1.807, 2.05) is 0 Å². The largest absolute Gasteiger partial charge is 0.452 e. The van der Waals surface area contributed by atoms with Gasteiger partial charge >= 0.3 is 5.97 Å². The van der Waals surface area contributed by atoms with E-state index in [1.54, 1.807) is 17.5 Å². The Bertz CT molecular complexity index is 1060. The quantitative estimate of drug-likeness (QED) is 0.631. The molecule has 0 bridgehead atoms. The summed E-state index contributed by atoms with van der Waals surface area (Å²) in [7, 11) is -3.87. The van der Waals surface area contributed by atoms with Gasteiger partial charge in [-0.05, 0) is 42.5 Å². The van der Waals surface area contributed by atoms with Gasteiger partial charge in [-0.1, -0.05) is 30.5 Å². The van der Waals surface area contributed by atoms with Gasteiger partial charge in [-0.3, -0.25) is 14.9 Å². The van der Waals surface area contributed by atoms with Crippen LogP contribution in [0.5, 0.6) is 0 Å². The summed E-state index contributed by atoms with van der Waals surface area (Å²) in [6.45, 7) is 0.102. The molecule has 31 heavy (non-hydrogen) atoms. The summed E-state index contributed by atoms with van der Waals surface area (Å²) in [5.74, 6) is -2.28. The number of esters is 1. The highest BCUT2D eigenvalue weighted by molar-refractivity contribution is 7.89. The fourth-order valence-electron chi connectivity index (χ4n) is 3.10. The van der Waals surface area contributed by atoms with Crippen molar-refractivity contribution in [3.8, 4) is 0 Å². The van der Waals surface area contributed by atoms with Gasteiger partial charge in [0.15, 0.2) is 6.61 Å². The van der Waals surface area contributed by atoms with Crippen molar-refractivity contribution >= 4 is 50.7 Å². The number of nitrogens with one attached hydrogen (secondary N) is 1. The van der Waals surface area contributed by atoms with E-state index in [9.17, 15) is 22.8 Å². The summed E-state index contributed by atoms with van der Waals surface area (Å²) in [5.41, 5.74) is -0.0600. The lowest BCUT2D eigenvalue weighted by molar-refractivity contribution is -0.123. The maximum absolute atomic E-state index is 13.0. The van der Waals surface area contributed by atoms with E-state index in [4.69, 9.17) is 16.3 Å². The Morgan fingerprint density at radius 3 is 2.45 bits per heavy atom. The molecule has 0 atom stereocenters. The van der Waals surface area contributed by atoms with Gasteiger partial charge in [-0.2, -0.15) is 4.31 Å². The first-order chi connectivity index (χ1) is 14.8. The molecule has 0 radical (unpaired) electrons. The van der Waals surface area contributed by atoms with Crippen molar-refractivity contribution in [2.24, 2.45) is 0 Å². The standard InChI is InChI=1S/C20H21ClN2O6S2/c21-15-8-7-14(12-17(15)31(27,28)23-9-3-1-2-4-10-23)20(26)29-13-18(24)22-19(25)16-6-5-11-30-16/h5-8,11-12H,1-4,9-10,13H2,(H,22,24,25). The first-order valence-electron chi connectivity index (χ1n) is 9.63. The van der Waals surface area contributed by atoms with Crippen LogP contribution in [0, 0.1) is 0 Å². The summed E-state index contributed by atoms with van der Waals surface area (Å²) in [4.78, 5) is 36.2. The van der Waals surface area contributed by atoms with Gasteiger partial charge in [0.2, 0.25) is 10.0 Å². The van der Waals surface area contributed by atoms with Crippen molar-refractivity contribution in [1.82, 2.24) is 9.62 Å². The normalized spacial score (nSPS) is 15.1. The number of carbonyl (C=O) groups excluding carboxylic acids is 3. The number of benzene rings is 1. The van der Waals surface area contributed by atoms with Crippen molar-refractivity contribution in [3.63, 3.8) is 0 Å². The van der Waals surface area contributed by atoms with E-state index in [1.165, 1.54) is 27.8 Å². The minimum absolute atomic E-state index is 0.0000783. The van der Waals surface area contributed by atoms with Crippen LogP contribution in [0.4, 0.5) is 0 Å². The van der Waals surface area contributed by atoms with Crippen molar-refractivity contribution in [1.29, 1.82) is 0 Å². The first-order valence-corrected chi connectivity index (χ1v) is 12.3. The molecule has 3 rings (SSSR count). The Morgan fingerprint density at radius 2 is 1.81 bits per heavy atom. The molecule has 166 valence electrons. The van der Waals surface area contributed by atoms with Gasteiger partial charge in [0.1, 0.15) is 4.90 Å². The topological polar surface area (TPSA) is 110 Å². The maximum atomic E-state index is 13.0. The average Bonchev–Trinajstić information content (AvgIpc) is 3.14. The van der Waals surface area contributed by atoms with Crippen molar-refractivity contribution in [3.05, 3.63) is 51.2 Å². The SMILES string of the molecule is O=C(COC(=O)c1ccc(Cl)c(S(=O)(=O)N2CCCCCC2)c1)NC(=O)c1cccs1. The zero-order chi connectivity index (χ0) is 22.4. The van der Waals surface area contributed by atoms with Crippen LogP contribution in [-0.4, -0.2) is 50.2 Å². The lowest BCUT2D eigenvalue weighted by Gasteiger charge is -2.21. The number of nitrogens with zero attached hydrogens (tertiary/aromatic N) is 1. The average molecular weight is 485 g/mol. The van der Waals surface area contributed by atoms with Gasteiger partial charge in [0.05, 0.1) is 15.5 Å². The van der Waals surface area contributed by atoms with Crippen LogP contribution >= 0.6 is 22.9 Å². The van der Waals surface area contributed by atoms with E-state index in [0.717, 1.165) is 31.7 Å². The molecule has 0 saturated carbocycles. The maximum Gasteiger partial charge on any atom is 0.338 e. The predicted octanol–water partition coefficient (Wildman–Crippen LogP) is 3.08. The molecule has 0 aliphatic carbocycles. The fraction of sp³-hybridized carbons (Fsp3) is 0.350. The Hall–Kier alpha value is -2.27. The highest BCUT2D eigenvalue weighted by Crippen LogP contribution is 2.28. The Labute approximate surface area is 189 Å². The Morgan fingerprint density at radius 1 is 1.10 bits per heavy atom. The molecule has 2 amide bonds. The van der Waals surface area contributed by atoms with Crippen LogP contribution in [0.1, 0.15) is 45.7 Å². The van der Waals surface area contributed by atoms with E-state index >= 15 is 0 Å². The van der Waals surface area contributed by atoms with Gasteiger partial charge in [-0.15, -0.1) is 11.3 Å². The van der Waals surface area contributed by atoms with Crippen LogP contribution in [0.3, 0.4) is 0 Å². The smallest absolute Gasteiger partial charge is 0.338 e. The van der Waals surface area contributed by atoms with E-state index in [2.05, 4.69) is 5.32 Å². The number of sulfonamides is 1. The zero-order valence-corrected chi connectivity index (χ0v) is 18.9. The number of ether oxygens (including phenoxy) is 1. The molecular formula is C20H21ClN2O6S2. The molecular weight excluding hydrogens is 464 g/mol. The molecule has 0 spiro atoms. The third-order valence-electron chi connectivity index (χ3n) is 4.68. The molecule has 0 unspecified atom stereocenters. The molecule has 1 aliphatic heterocycles. The number of rotatable bonds is 6. The third kappa shape index (κ3) is 5.91. The fourth-order valence-corrected chi connectivity index (χ4v) is 5.73. The third-order valence-corrected chi connectivity index (χ3v) is 7.93. The first kappa shape index (κ1) is 23.4. The van der Waals surface area contributed by atoms with Crippen LogP contribution < -0.4 is 5.32 Å². The summed E-state index contributed by atoms with van der Waals surface area (Å²) in [5, 5.41) is 3.81. The van der Waals surface area contributed by atoms with Crippen molar-refractivity contribution in [2.75, 3.05) is 19.7 Å². The molecule has 1 saturated heterocycles. The molecule has 1 aromatic heterocycles. The second kappa shape index (κ2) is 10.4. The number of imide groups is 1. The van der Waals surface area contributed by atoms with Crippen LogP contribution in [0.25, 0.3) is 0 Å². The number of hydrogen-bond donors (Lipinski definition) is 1. The second-order valence-corrected chi connectivity index (χ2v) is 10.2. The number of carbonyl (C=O) groups is 3. The lowest BCUT2D eigenvalue weighted by atomic mass is 10.2. The molecule has 2 aromatic rings. The summed E-state index contributed by atoms with van der Waals surface area (Å²) in [6.07, 6.45) is 3.45. The summed E-state index contributed by atoms with van der Waals surface area (Å²) < 4.78 is 32.4. The van der Waals surface area contributed by atoms with Crippen molar-refractivity contribution < 1.29 is 27.5 Å². The zero-order valence-electron chi connectivity index (χ0n) is 16.5. The van der Waals surface area contributed by atoms with Gasteiger partial charge < -0.3 is 4.74 Å². The number of amides is 2. The van der Waals surface area contributed by atoms with E-state index < -0.39 is 34.4 Å². The van der Waals surface area contributed by atoms with Gasteiger partial charge in [0.25, 0.3) is 11.8 Å². The number of hydrogen-bond acceptors (Lipinski definition) is 7. The highest BCUT2D eigenvalue weighted by atomic mass is 35.5. The number of halogens is 1. The predicted molar refractivity (Wildman–Crippen MR) is 116 cm³/mol. The number of thiophene rings is 1. The Kier molecular flexibility index (Phi) is 7.82. The monoisotopic (exact) mass is 484 g/mol. The van der Waals surface area contributed by atoms with E-state index in [-0.39, 0.29) is 15.5 Å². The molecule has 8 nitrogen and oxygen atoms in total. The second-order valence-electron chi connectivity index (χ2n) is 6.89. The van der Waals surface area contributed by atoms with Crippen molar-refractivity contribution in [2.45, 2.75) is 30.6 Å². The van der Waals surface area contributed by atoms with Crippen LogP contribution in [0.15, 0.2) is 40.6 Å². The minimum Gasteiger partial charge on any atom is -0.452 e. The highest BCUT2D eigenvalue weighted by Gasteiger charge is 2.28. The van der Waals surface area contributed by atoms with Gasteiger partial charge in [0, 0.05) is 13.1 Å². The van der Waals surface area contributed by atoms with Crippen LogP contribution in [0.2, 0.25) is 5.02 Å². The molecule has 1 aliphatic rings. The summed E-state index contributed by atoms with van der Waals surface area (Å²) >= 11 is 7.29. The molecule has 1 fully saturated rings. The lowest BCUT2D eigenvalue weighted by Crippen LogP contribution is -2.34. The minimum atomic E-state index is -3.87. The Balaban J connectivity index is 1.66. The molecule has 1 N–H and O–H groups in total. The molecule has 2 heterocycles. The molecule has 1 aromatic carbocycles. The van der Waals surface area contributed by atoms with Crippen LogP contribution in [-0.2, 0) is 19.6 Å². The molecule has 11 heteroatoms.